The third-order valence-electron chi connectivity index (χ3n) is 3.85. The van der Waals surface area contributed by atoms with Gasteiger partial charge < -0.3 is 9.88 Å². The number of nitrogens with one attached hydrogen (secondary N) is 1. The van der Waals surface area contributed by atoms with Crippen LogP contribution in [-0.4, -0.2) is 21.6 Å². The fourth-order valence-corrected chi connectivity index (χ4v) is 2.83. The summed E-state index contributed by atoms with van der Waals surface area (Å²) < 4.78 is 2.33. The zero-order valence-corrected chi connectivity index (χ0v) is 11.6. The molecule has 0 saturated heterocycles. The van der Waals surface area contributed by atoms with Gasteiger partial charge in [0.1, 0.15) is 5.82 Å². The Kier molecular flexibility index (Phi) is 3.23. The van der Waals surface area contributed by atoms with Crippen molar-refractivity contribution >= 4 is 5.69 Å². The van der Waals surface area contributed by atoms with Crippen molar-refractivity contribution in [1.29, 1.82) is 0 Å². The van der Waals surface area contributed by atoms with Gasteiger partial charge in [0.25, 0.3) is 0 Å². The molecule has 2 heterocycles. The number of nitrogens with zero attached hydrogens (tertiary/aromatic N) is 3. The van der Waals surface area contributed by atoms with Crippen LogP contribution in [0.2, 0.25) is 0 Å². The second-order valence-corrected chi connectivity index (χ2v) is 5.13. The third-order valence-corrected chi connectivity index (χ3v) is 3.85. The van der Waals surface area contributed by atoms with Crippen molar-refractivity contribution in [2.45, 2.75) is 39.2 Å². The minimum atomic E-state index is 0.823. The van der Waals surface area contributed by atoms with E-state index in [2.05, 4.69) is 27.9 Å². The molecule has 100 valence electrons. The second kappa shape index (κ2) is 5.03. The smallest absolute Gasteiger partial charge is 0.106 e. The van der Waals surface area contributed by atoms with Gasteiger partial charge in [0.2, 0.25) is 0 Å². The van der Waals surface area contributed by atoms with E-state index in [0.29, 0.717) is 0 Å². The summed E-state index contributed by atoms with van der Waals surface area (Å²) in [4.78, 5) is 9.17. The first-order valence-electron chi connectivity index (χ1n) is 6.95. The molecule has 1 N–H and O–H groups in total. The van der Waals surface area contributed by atoms with E-state index in [1.165, 1.54) is 24.2 Å². The highest BCUT2D eigenvalue weighted by Crippen LogP contribution is 2.23. The molecule has 0 aliphatic heterocycles. The van der Waals surface area contributed by atoms with E-state index in [-0.39, 0.29) is 0 Å². The molecule has 2 aromatic heterocycles. The molecule has 19 heavy (non-hydrogen) atoms. The molecule has 0 spiro atoms. The molecule has 1 aliphatic carbocycles. The van der Waals surface area contributed by atoms with Crippen molar-refractivity contribution in [2.75, 3.05) is 12.4 Å². The van der Waals surface area contributed by atoms with Gasteiger partial charge in [-0.2, -0.15) is 0 Å². The average molecular weight is 256 g/mol. The lowest BCUT2D eigenvalue weighted by Crippen LogP contribution is -2.11. The number of aryl methyl sites for hydroxylation is 2. The molecule has 0 amide bonds. The molecule has 0 fully saturated rings. The van der Waals surface area contributed by atoms with Gasteiger partial charge in [0, 0.05) is 24.6 Å². The second-order valence-electron chi connectivity index (χ2n) is 5.13. The number of rotatable bonds is 3. The normalized spacial score (nSPS) is 14.2. The lowest BCUT2D eigenvalue weighted by atomic mass is 10.0. The number of aromatic nitrogens is 3. The van der Waals surface area contributed by atoms with Crippen LogP contribution in [0.1, 0.15) is 35.7 Å². The van der Waals surface area contributed by atoms with Crippen LogP contribution in [0.4, 0.5) is 5.69 Å². The van der Waals surface area contributed by atoms with Gasteiger partial charge in [-0.05, 0) is 44.7 Å². The first kappa shape index (κ1) is 12.2. The third kappa shape index (κ3) is 2.35. The van der Waals surface area contributed by atoms with Crippen LogP contribution in [-0.2, 0) is 19.4 Å². The minimum absolute atomic E-state index is 0.823. The number of pyridine rings is 1. The number of imidazole rings is 1. The predicted octanol–water partition coefficient (Wildman–Crippen LogP) is 2.56. The Labute approximate surface area is 113 Å². The lowest BCUT2D eigenvalue weighted by Gasteiger charge is -2.14. The maximum absolute atomic E-state index is 4.71. The van der Waals surface area contributed by atoms with E-state index >= 15 is 0 Å². The average Bonchev–Trinajstić information content (AvgIpc) is 2.76. The maximum atomic E-state index is 4.71. The van der Waals surface area contributed by atoms with Crippen molar-refractivity contribution in [1.82, 2.24) is 14.5 Å². The Morgan fingerprint density at radius 1 is 1.32 bits per heavy atom. The van der Waals surface area contributed by atoms with Crippen LogP contribution in [0.25, 0.3) is 0 Å². The van der Waals surface area contributed by atoms with Gasteiger partial charge in [0.05, 0.1) is 17.9 Å². The number of fused-ring (bicyclic) bond motifs is 1. The van der Waals surface area contributed by atoms with Gasteiger partial charge in [-0.15, -0.1) is 0 Å². The molecule has 2 aromatic rings. The Morgan fingerprint density at radius 2 is 2.16 bits per heavy atom. The summed E-state index contributed by atoms with van der Waals surface area (Å²) in [7, 11) is 1.93. The van der Waals surface area contributed by atoms with E-state index in [4.69, 9.17) is 4.98 Å². The number of hydrogen-bond donors (Lipinski definition) is 1. The van der Waals surface area contributed by atoms with Crippen molar-refractivity contribution in [2.24, 2.45) is 0 Å². The summed E-state index contributed by atoms with van der Waals surface area (Å²) in [5.41, 5.74) is 4.91. The lowest BCUT2D eigenvalue weighted by molar-refractivity contribution is 0.620. The quantitative estimate of drug-likeness (QED) is 0.917. The van der Waals surface area contributed by atoms with E-state index in [1.54, 1.807) is 0 Å². The molecule has 0 saturated carbocycles. The van der Waals surface area contributed by atoms with Crippen LogP contribution >= 0.6 is 0 Å². The molecule has 3 rings (SSSR count). The number of anilines is 1. The highest BCUT2D eigenvalue weighted by Gasteiger charge is 2.18. The highest BCUT2D eigenvalue weighted by atomic mass is 15.1. The molecule has 0 radical (unpaired) electrons. The first-order valence-corrected chi connectivity index (χ1v) is 6.95. The topological polar surface area (TPSA) is 42.7 Å². The monoisotopic (exact) mass is 256 g/mol. The zero-order chi connectivity index (χ0) is 13.2. The molecule has 0 bridgehead atoms. The molecular weight excluding hydrogens is 236 g/mol. The van der Waals surface area contributed by atoms with Crippen molar-refractivity contribution in [3.8, 4) is 0 Å². The number of hydrogen-bond acceptors (Lipinski definition) is 3. The van der Waals surface area contributed by atoms with Gasteiger partial charge in [-0.1, -0.05) is 0 Å². The van der Waals surface area contributed by atoms with Gasteiger partial charge in [0.15, 0.2) is 0 Å². The summed E-state index contributed by atoms with van der Waals surface area (Å²) in [6.45, 7) is 2.92. The molecule has 4 nitrogen and oxygen atoms in total. The van der Waals surface area contributed by atoms with E-state index < -0.39 is 0 Å². The van der Waals surface area contributed by atoms with Crippen LogP contribution in [0, 0.1) is 6.92 Å². The zero-order valence-electron chi connectivity index (χ0n) is 11.6. The van der Waals surface area contributed by atoms with Crippen LogP contribution in [0.3, 0.4) is 0 Å². The van der Waals surface area contributed by atoms with Crippen LogP contribution in [0.15, 0.2) is 18.3 Å². The van der Waals surface area contributed by atoms with Crippen molar-refractivity contribution in [3.63, 3.8) is 0 Å². The maximum Gasteiger partial charge on any atom is 0.106 e. The van der Waals surface area contributed by atoms with Crippen molar-refractivity contribution < 1.29 is 0 Å². The van der Waals surface area contributed by atoms with Gasteiger partial charge in [-0.25, -0.2) is 4.98 Å². The molecule has 0 unspecified atom stereocenters. The van der Waals surface area contributed by atoms with Gasteiger partial charge in [-0.3, -0.25) is 4.98 Å². The largest absolute Gasteiger partial charge is 0.388 e. The Bertz CT molecular complexity index is 586. The molecular formula is C15H20N4. The standard InChI is InChI=1S/C15H20N4/c1-11-18-14-5-3-4-6-15(14)19(11)10-13-9-12(16-2)7-8-17-13/h7-9H,3-6,10H2,1-2H3,(H,16,17). The molecule has 0 atom stereocenters. The molecule has 4 heteroatoms. The fourth-order valence-electron chi connectivity index (χ4n) is 2.83. The summed E-state index contributed by atoms with van der Waals surface area (Å²) in [6, 6.07) is 4.09. The van der Waals surface area contributed by atoms with E-state index in [1.807, 2.05) is 19.3 Å². The fraction of sp³-hybridized carbons (Fsp3) is 0.467. The summed E-state index contributed by atoms with van der Waals surface area (Å²) in [5, 5.41) is 3.16. The van der Waals surface area contributed by atoms with E-state index in [9.17, 15) is 0 Å². The SMILES string of the molecule is CNc1ccnc(Cn2c(C)nc3c2CCCC3)c1. The minimum Gasteiger partial charge on any atom is -0.388 e. The van der Waals surface area contributed by atoms with Crippen LogP contribution in [0.5, 0.6) is 0 Å². The van der Waals surface area contributed by atoms with Crippen molar-refractivity contribution in [3.05, 3.63) is 41.2 Å². The Hall–Kier alpha value is -1.84. The molecule has 1 aliphatic rings. The summed E-state index contributed by atoms with van der Waals surface area (Å²) in [6.07, 6.45) is 6.70. The summed E-state index contributed by atoms with van der Waals surface area (Å²) in [5.74, 6) is 1.11. The van der Waals surface area contributed by atoms with Gasteiger partial charge >= 0.3 is 0 Å². The predicted molar refractivity (Wildman–Crippen MR) is 76.5 cm³/mol. The first-order chi connectivity index (χ1) is 9.28. The highest BCUT2D eigenvalue weighted by molar-refractivity contribution is 5.42. The summed E-state index contributed by atoms with van der Waals surface area (Å²) >= 11 is 0. The Morgan fingerprint density at radius 3 is 3.00 bits per heavy atom. The molecule has 0 aromatic carbocycles. The van der Waals surface area contributed by atoms with E-state index in [0.717, 1.165) is 36.6 Å². The van der Waals surface area contributed by atoms with Crippen LogP contribution < -0.4 is 5.32 Å². The Balaban J connectivity index is 1.92.